The summed E-state index contributed by atoms with van der Waals surface area (Å²) in [5.41, 5.74) is 0. The third-order valence-electron chi connectivity index (χ3n) is 2.11. The van der Waals surface area contributed by atoms with Crippen molar-refractivity contribution in [3.05, 3.63) is 18.3 Å². The van der Waals surface area contributed by atoms with Crippen molar-refractivity contribution >= 4 is 6.09 Å². The van der Waals surface area contributed by atoms with Gasteiger partial charge in [0, 0.05) is 38.4 Å². The molecule has 0 bridgehead atoms. The zero-order chi connectivity index (χ0) is 10.5. The van der Waals surface area contributed by atoms with Crippen LogP contribution in [0, 0.1) is 0 Å². The second-order valence-electron chi connectivity index (χ2n) is 3.17. The van der Waals surface area contributed by atoms with Crippen LogP contribution in [0.25, 0.3) is 0 Å². The number of carbonyl (C=O) groups excluding carboxylic acids is 1. The second-order valence-corrected chi connectivity index (χ2v) is 3.17. The van der Waals surface area contributed by atoms with Crippen LogP contribution >= 0.6 is 0 Å². The molecule has 0 unspecified atom stereocenters. The number of hydrogen-bond donors (Lipinski definition) is 1. The van der Waals surface area contributed by atoms with Crippen LogP contribution < -0.4 is 10.1 Å². The molecule has 1 aliphatic heterocycles. The lowest BCUT2D eigenvalue weighted by Crippen LogP contribution is -2.47. The molecule has 0 saturated carbocycles. The summed E-state index contributed by atoms with van der Waals surface area (Å²) >= 11 is 0. The highest BCUT2D eigenvalue weighted by Gasteiger charge is 2.18. The zero-order valence-electron chi connectivity index (χ0n) is 8.22. The molecule has 1 aliphatic rings. The highest BCUT2D eigenvalue weighted by Crippen LogP contribution is 2.05. The van der Waals surface area contributed by atoms with E-state index in [1.165, 1.54) is 6.20 Å². The summed E-state index contributed by atoms with van der Waals surface area (Å²) in [6.07, 6.45) is 1.17. The zero-order valence-corrected chi connectivity index (χ0v) is 8.22. The van der Waals surface area contributed by atoms with E-state index in [1.807, 2.05) is 0 Å². The van der Waals surface area contributed by atoms with E-state index < -0.39 is 0 Å². The SMILES string of the molecule is O=C(Oc1cccnn1)N1CCNCC1. The largest absolute Gasteiger partial charge is 0.416 e. The van der Waals surface area contributed by atoms with E-state index in [0.29, 0.717) is 13.1 Å². The molecule has 1 saturated heterocycles. The summed E-state index contributed by atoms with van der Waals surface area (Å²) in [5, 5.41) is 10.5. The topological polar surface area (TPSA) is 67.3 Å². The van der Waals surface area contributed by atoms with E-state index >= 15 is 0 Å². The molecule has 1 aromatic heterocycles. The molecule has 0 atom stereocenters. The van der Waals surface area contributed by atoms with Gasteiger partial charge in [-0.15, -0.1) is 5.10 Å². The fourth-order valence-corrected chi connectivity index (χ4v) is 1.34. The van der Waals surface area contributed by atoms with Gasteiger partial charge in [-0.1, -0.05) is 0 Å². The Morgan fingerprint density at radius 2 is 2.27 bits per heavy atom. The minimum absolute atomic E-state index is 0.237. The van der Waals surface area contributed by atoms with Gasteiger partial charge in [0.15, 0.2) is 0 Å². The normalized spacial score (nSPS) is 16.1. The predicted octanol–water partition coefficient (Wildman–Crippen LogP) is -0.119. The molecule has 0 radical (unpaired) electrons. The highest BCUT2D eigenvalue weighted by molar-refractivity contribution is 5.70. The number of hydrogen-bond acceptors (Lipinski definition) is 5. The smallest absolute Gasteiger partial charge is 0.389 e. The molecule has 2 rings (SSSR count). The van der Waals surface area contributed by atoms with Crippen molar-refractivity contribution in [1.82, 2.24) is 20.4 Å². The second kappa shape index (κ2) is 4.70. The number of nitrogens with one attached hydrogen (secondary N) is 1. The Labute approximate surface area is 87.2 Å². The molecule has 0 aromatic carbocycles. The van der Waals surface area contributed by atoms with Gasteiger partial charge in [0.1, 0.15) is 0 Å². The van der Waals surface area contributed by atoms with Crippen molar-refractivity contribution in [2.45, 2.75) is 0 Å². The lowest BCUT2D eigenvalue weighted by atomic mass is 10.4. The number of nitrogens with zero attached hydrogens (tertiary/aromatic N) is 3. The Balaban J connectivity index is 1.91. The maximum atomic E-state index is 11.6. The first-order valence-corrected chi connectivity index (χ1v) is 4.81. The molecule has 6 heteroatoms. The maximum Gasteiger partial charge on any atom is 0.416 e. The molecule has 1 aromatic rings. The van der Waals surface area contributed by atoms with Crippen molar-refractivity contribution < 1.29 is 9.53 Å². The quantitative estimate of drug-likeness (QED) is 0.697. The fraction of sp³-hybridized carbons (Fsp3) is 0.444. The van der Waals surface area contributed by atoms with Crippen molar-refractivity contribution in [1.29, 1.82) is 0 Å². The summed E-state index contributed by atoms with van der Waals surface area (Å²) in [6.45, 7) is 2.93. The highest BCUT2D eigenvalue weighted by atomic mass is 16.6. The van der Waals surface area contributed by atoms with Gasteiger partial charge in [-0.2, -0.15) is 5.10 Å². The molecular formula is C9H12N4O2. The molecule has 0 aliphatic carbocycles. The van der Waals surface area contributed by atoms with Crippen molar-refractivity contribution in [3.63, 3.8) is 0 Å². The van der Waals surface area contributed by atoms with Gasteiger partial charge in [-0.05, 0) is 6.07 Å². The van der Waals surface area contributed by atoms with Crippen LogP contribution in [0.1, 0.15) is 0 Å². The van der Waals surface area contributed by atoms with Gasteiger partial charge in [-0.25, -0.2) is 4.79 Å². The first-order valence-electron chi connectivity index (χ1n) is 4.81. The van der Waals surface area contributed by atoms with E-state index in [1.54, 1.807) is 17.0 Å². The Bertz CT molecular complexity index is 324. The van der Waals surface area contributed by atoms with E-state index in [4.69, 9.17) is 4.74 Å². The summed E-state index contributed by atoms with van der Waals surface area (Å²) in [4.78, 5) is 13.2. The van der Waals surface area contributed by atoms with Gasteiger partial charge in [0.2, 0.25) is 5.88 Å². The Kier molecular flexibility index (Phi) is 3.08. The minimum atomic E-state index is -0.364. The number of piperazine rings is 1. The van der Waals surface area contributed by atoms with Crippen LogP contribution in [-0.2, 0) is 0 Å². The van der Waals surface area contributed by atoms with Crippen molar-refractivity contribution in [3.8, 4) is 5.88 Å². The monoisotopic (exact) mass is 208 g/mol. The summed E-state index contributed by atoms with van der Waals surface area (Å²) in [6, 6.07) is 3.28. The van der Waals surface area contributed by atoms with Crippen LogP contribution in [0.2, 0.25) is 0 Å². The van der Waals surface area contributed by atoms with Crippen LogP contribution in [0.15, 0.2) is 18.3 Å². The molecule has 80 valence electrons. The Morgan fingerprint density at radius 1 is 1.47 bits per heavy atom. The van der Waals surface area contributed by atoms with Crippen molar-refractivity contribution in [2.75, 3.05) is 26.2 Å². The molecule has 1 amide bonds. The summed E-state index contributed by atoms with van der Waals surface area (Å²) in [7, 11) is 0. The average molecular weight is 208 g/mol. The number of aromatic nitrogens is 2. The Morgan fingerprint density at radius 3 is 2.93 bits per heavy atom. The molecule has 1 fully saturated rings. The number of amides is 1. The molecule has 15 heavy (non-hydrogen) atoms. The summed E-state index contributed by atoms with van der Waals surface area (Å²) in [5.74, 6) is 0.237. The van der Waals surface area contributed by atoms with Crippen LogP contribution in [0.3, 0.4) is 0 Å². The lowest BCUT2D eigenvalue weighted by molar-refractivity contribution is 0.143. The average Bonchev–Trinajstić information content (AvgIpc) is 2.31. The van der Waals surface area contributed by atoms with Gasteiger partial charge in [0.25, 0.3) is 0 Å². The molecule has 6 nitrogen and oxygen atoms in total. The fourth-order valence-electron chi connectivity index (χ4n) is 1.34. The number of ether oxygens (including phenoxy) is 1. The minimum Gasteiger partial charge on any atom is -0.389 e. The van der Waals surface area contributed by atoms with Gasteiger partial charge < -0.3 is 15.0 Å². The Hall–Kier alpha value is -1.69. The number of carbonyl (C=O) groups is 1. The predicted molar refractivity (Wildman–Crippen MR) is 52.5 cm³/mol. The van der Waals surface area contributed by atoms with Crippen LogP contribution in [0.4, 0.5) is 4.79 Å². The van der Waals surface area contributed by atoms with Crippen molar-refractivity contribution in [2.24, 2.45) is 0 Å². The van der Waals surface area contributed by atoms with Gasteiger partial charge in [-0.3, -0.25) is 0 Å². The molecular weight excluding hydrogens is 196 g/mol. The standard InChI is InChI=1S/C9H12N4O2/c14-9(13-6-4-10-5-7-13)15-8-2-1-3-11-12-8/h1-3,10H,4-7H2. The van der Waals surface area contributed by atoms with E-state index in [-0.39, 0.29) is 12.0 Å². The van der Waals surface area contributed by atoms with E-state index in [0.717, 1.165) is 13.1 Å². The van der Waals surface area contributed by atoms with Crippen LogP contribution in [0.5, 0.6) is 5.88 Å². The van der Waals surface area contributed by atoms with E-state index in [2.05, 4.69) is 15.5 Å². The van der Waals surface area contributed by atoms with E-state index in [9.17, 15) is 4.79 Å². The first-order chi connectivity index (χ1) is 7.36. The summed E-state index contributed by atoms with van der Waals surface area (Å²) < 4.78 is 5.04. The first kappa shape index (κ1) is 9.85. The van der Waals surface area contributed by atoms with Gasteiger partial charge in [0.05, 0.1) is 0 Å². The van der Waals surface area contributed by atoms with Crippen LogP contribution in [-0.4, -0.2) is 47.4 Å². The molecule has 2 heterocycles. The van der Waals surface area contributed by atoms with Gasteiger partial charge >= 0.3 is 6.09 Å². The number of rotatable bonds is 1. The maximum absolute atomic E-state index is 11.6. The lowest BCUT2D eigenvalue weighted by Gasteiger charge is -2.25. The third kappa shape index (κ3) is 2.63. The molecule has 1 N–H and O–H groups in total. The third-order valence-corrected chi connectivity index (χ3v) is 2.11. The molecule has 0 spiro atoms.